The summed E-state index contributed by atoms with van der Waals surface area (Å²) in [7, 11) is 0. The van der Waals surface area contributed by atoms with Crippen molar-refractivity contribution in [3.8, 4) is 0 Å². The van der Waals surface area contributed by atoms with Gasteiger partial charge in [0.2, 0.25) is 0 Å². The standard InChI is InChI=1S/C15H21FN4S/c1-3-4-12(17)14(18)15-19-13(20-21-15)8-10-5-6-11(16)9(2)7-10/h5-7,12,14H,3-4,8,17-18H2,1-2H3. The Labute approximate surface area is 128 Å². The van der Waals surface area contributed by atoms with Crippen molar-refractivity contribution < 1.29 is 4.39 Å². The summed E-state index contributed by atoms with van der Waals surface area (Å²) < 4.78 is 17.6. The minimum absolute atomic E-state index is 0.0936. The summed E-state index contributed by atoms with van der Waals surface area (Å²) in [5.74, 6) is 0.512. The zero-order valence-electron chi connectivity index (χ0n) is 12.3. The van der Waals surface area contributed by atoms with E-state index in [9.17, 15) is 4.39 Å². The van der Waals surface area contributed by atoms with Crippen LogP contribution in [0.25, 0.3) is 0 Å². The SMILES string of the molecule is CCCC(N)C(N)c1nc(Cc2ccc(F)c(C)c2)ns1. The van der Waals surface area contributed by atoms with Gasteiger partial charge < -0.3 is 11.5 Å². The molecule has 1 heterocycles. The van der Waals surface area contributed by atoms with Crippen LogP contribution in [0, 0.1) is 12.7 Å². The Hall–Kier alpha value is -1.37. The minimum Gasteiger partial charge on any atom is -0.326 e. The summed E-state index contributed by atoms with van der Waals surface area (Å²) in [5.41, 5.74) is 13.8. The molecule has 0 saturated heterocycles. The average molecular weight is 308 g/mol. The zero-order chi connectivity index (χ0) is 15.4. The lowest BCUT2D eigenvalue weighted by molar-refractivity contribution is 0.504. The second-order valence-electron chi connectivity index (χ2n) is 5.29. The Morgan fingerprint density at radius 2 is 2.10 bits per heavy atom. The van der Waals surface area contributed by atoms with Gasteiger partial charge in [-0.25, -0.2) is 9.37 Å². The molecule has 2 unspecified atom stereocenters. The minimum atomic E-state index is -0.272. The van der Waals surface area contributed by atoms with E-state index in [0.717, 1.165) is 23.4 Å². The Morgan fingerprint density at radius 3 is 2.76 bits per heavy atom. The summed E-state index contributed by atoms with van der Waals surface area (Å²) in [4.78, 5) is 4.47. The van der Waals surface area contributed by atoms with Gasteiger partial charge in [0.15, 0.2) is 0 Å². The van der Waals surface area contributed by atoms with Gasteiger partial charge in [-0.3, -0.25) is 0 Å². The van der Waals surface area contributed by atoms with Crippen LogP contribution in [-0.2, 0) is 6.42 Å². The van der Waals surface area contributed by atoms with E-state index >= 15 is 0 Å². The predicted octanol–water partition coefficient (Wildman–Crippen LogP) is 2.70. The highest BCUT2D eigenvalue weighted by Crippen LogP contribution is 2.20. The van der Waals surface area contributed by atoms with Crippen LogP contribution in [0.2, 0.25) is 0 Å². The molecule has 0 aliphatic heterocycles. The van der Waals surface area contributed by atoms with E-state index in [-0.39, 0.29) is 17.9 Å². The van der Waals surface area contributed by atoms with E-state index in [0.29, 0.717) is 17.8 Å². The second-order valence-corrected chi connectivity index (χ2v) is 6.07. The van der Waals surface area contributed by atoms with Gasteiger partial charge in [-0.1, -0.05) is 25.5 Å². The first kappa shape index (κ1) is 16.0. The van der Waals surface area contributed by atoms with Crippen LogP contribution >= 0.6 is 11.5 Å². The number of aromatic nitrogens is 2. The van der Waals surface area contributed by atoms with E-state index in [1.54, 1.807) is 13.0 Å². The Balaban J connectivity index is 2.07. The van der Waals surface area contributed by atoms with Crippen molar-refractivity contribution in [1.29, 1.82) is 0 Å². The predicted molar refractivity (Wildman–Crippen MR) is 83.7 cm³/mol. The van der Waals surface area contributed by atoms with Crippen LogP contribution in [0.15, 0.2) is 18.2 Å². The second kappa shape index (κ2) is 7.06. The summed E-state index contributed by atoms with van der Waals surface area (Å²) in [5, 5.41) is 0.768. The molecule has 4 N–H and O–H groups in total. The number of nitrogens with zero attached hydrogens (tertiary/aromatic N) is 2. The lowest BCUT2D eigenvalue weighted by Gasteiger charge is -2.15. The van der Waals surface area contributed by atoms with E-state index in [1.807, 2.05) is 6.07 Å². The molecule has 21 heavy (non-hydrogen) atoms. The van der Waals surface area contributed by atoms with Crippen molar-refractivity contribution in [3.05, 3.63) is 46.0 Å². The maximum atomic E-state index is 13.2. The van der Waals surface area contributed by atoms with E-state index < -0.39 is 0 Å². The van der Waals surface area contributed by atoms with E-state index in [1.165, 1.54) is 17.6 Å². The fourth-order valence-electron chi connectivity index (χ4n) is 2.17. The zero-order valence-corrected chi connectivity index (χ0v) is 13.2. The molecule has 6 heteroatoms. The Kier molecular flexibility index (Phi) is 5.39. The molecule has 0 bridgehead atoms. The van der Waals surface area contributed by atoms with Crippen molar-refractivity contribution in [2.24, 2.45) is 11.5 Å². The largest absolute Gasteiger partial charge is 0.326 e. The molecule has 114 valence electrons. The fourth-order valence-corrected chi connectivity index (χ4v) is 2.92. The summed E-state index contributed by atoms with van der Waals surface area (Å²) in [6, 6.07) is 4.68. The molecule has 0 amide bonds. The van der Waals surface area contributed by atoms with Gasteiger partial charge in [-0.15, -0.1) is 0 Å². The van der Waals surface area contributed by atoms with Crippen molar-refractivity contribution >= 4 is 11.5 Å². The molecule has 2 rings (SSSR count). The first-order valence-electron chi connectivity index (χ1n) is 7.10. The van der Waals surface area contributed by atoms with Crippen LogP contribution in [0.1, 0.15) is 47.8 Å². The maximum absolute atomic E-state index is 13.2. The summed E-state index contributed by atoms with van der Waals surface area (Å²) >= 11 is 1.30. The Morgan fingerprint density at radius 1 is 1.33 bits per heavy atom. The molecule has 1 aromatic heterocycles. The van der Waals surface area contributed by atoms with Gasteiger partial charge in [-0.2, -0.15) is 4.37 Å². The van der Waals surface area contributed by atoms with Crippen LogP contribution in [-0.4, -0.2) is 15.4 Å². The molecule has 4 nitrogen and oxygen atoms in total. The molecule has 2 atom stereocenters. The van der Waals surface area contributed by atoms with E-state index in [4.69, 9.17) is 11.5 Å². The van der Waals surface area contributed by atoms with Gasteiger partial charge in [0.25, 0.3) is 0 Å². The molecule has 0 radical (unpaired) electrons. The first-order chi connectivity index (χ1) is 10.0. The average Bonchev–Trinajstić information content (AvgIpc) is 2.91. The molecule has 0 aliphatic carbocycles. The van der Waals surface area contributed by atoms with E-state index in [2.05, 4.69) is 16.3 Å². The monoisotopic (exact) mass is 308 g/mol. The maximum Gasteiger partial charge on any atom is 0.147 e. The number of halogens is 1. The van der Waals surface area contributed by atoms with Gasteiger partial charge in [0, 0.05) is 12.5 Å². The molecule has 2 aromatic rings. The molecular weight excluding hydrogens is 287 g/mol. The third kappa shape index (κ3) is 4.06. The lowest BCUT2D eigenvalue weighted by Crippen LogP contribution is -2.33. The third-order valence-corrected chi connectivity index (χ3v) is 4.29. The number of nitrogens with two attached hydrogens (primary N) is 2. The van der Waals surface area contributed by atoms with Gasteiger partial charge in [-0.05, 0) is 42.1 Å². The van der Waals surface area contributed by atoms with Crippen molar-refractivity contribution in [3.63, 3.8) is 0 Å². The highest BCUT2D eigenvalue weighted by Gasteiger charge is 2.19. The normalized spacial score (nSPS) is 14.1. The van der Waals surface area contributed by atoms with Crippen LogP contribution in [0.3, 0.4) is 0 Å². The number of rotatable bonds is 6. The van der Waals surface area contributed by atoms with Gasteiger partial charge in [0.05, 0.1) is 6.04 Å². The summed E-state index contributed by atoms with van der Waals surface area (Å²) in [6.07, 6.45) is 2.44. The van der Waals surface area contributed by atoms with Crippen molar-refractivity contribution in [1.82, 2.24) is 9.36 Å². The van der Waals surface area contributed by atoms with Crippen LogP contribution in [0.4, 0.5) is 4.39 Å². The molecule has 0 aliphatic rings. The van der Waals surface area contributed by atoms with Crippen molar-refractivity contribution in [2.45, 2.75) is 45.2 Å². The topological polar surface area (TPSA) is 77.8 Å². The highest BCUT2D eigenvalue weighted by molar-refractivity contribution is 7.05. The van der Waals surface area contributed by atoms with Gasteiger partial charge >= 0.3 is 0 Å². The molecular formula is C15H21FN4S. The lowest BCUT2D eigenvalue weighted by atomic mass is 10.1. The third-order valence-electron chi connectivity index (χ3n) is 3.44. The first-order valence-corrected chi connectivity index (χ1v) is 7.87. The summed E-state index contributed by atoms with van der Waals surface area (Å²) in [6.45, 7) is 3.83. The number of hydrogen-bond donors (Lipinski definition) is 2. The fraction of sp³-hybridized carbons (Fsp3) is 0.467. The van der Waals surface area contributed by atoms with Crippen molar-refractivity contribution in [2.75, 3.05) is 0 Å². The molecule has 0 fully saturated rings. The molecule has 0 spiro atoms. The van der Waals surface area contributed by atoms with Crippen LogP contribution in [0.5, 0.6) is 0 Å². The number of aryl methyl sites for hydroxylation is 1. The smallest absolute Gasteiger partial charge is 0.147 e. The van der Waals surface area contributed by atoms with Gasteiger partial charge in [0.1, 0.15) is 16.6 Å². The quantitative estimate of drug-likeness (QED) is 0.860. The number of benzene rings is 1. The molecule has 0 saturated carbocycles. The number of hydrogen-bond acceptors (Lipinski definition) is 5. The molecule has 1 aromatic carbocycles. The Bertz CT molecular complexity index is 599. The van der Waals surface area contributed by atoms with Crippen LogP contribution < -0.4 is 11.5 Å². The highest BCUT2D eigenvalue weighted by atomic mass is 32.1.